The number of aryl methyl sites for hydroxylation is 1. The number of nitrogens with one attached hydrogen (secondary N) is 3. The number of hydrogen-bond acceptors (Lipinski definition) is 3. The van der Waals surface area contributed by atoms with Crippen molar-refractivity contribution in [3.05, 3.63) is 35.1 Å². The molecule has 0 aliphatic heterocycles. The lowest BCUT2D eigenvalue weighted by Gasteiger charge is -2.18. The summed E-state index contributed by atoms with van der Waals surface area (Å²) in [6, 6.07) is 5.05. The molecule has 1 aromatic rings. The van der Waals surface area contributed by atoms with Crippen LogP contribution in [-0.2, 0) is 10.0 Å². The molecule has 1 rings (SSSR count). The molecule has 9 heteroatoms. The van der Waals surface area contributed by atoms with Crippen molar-refractivity contribution in [1.82, 2.24) is 15.4 Å². The molecule has 1 aromatic carbocycles. The third-order valence-electron chi connectivity index (χ3n) is 3.36. The molecule has 0 spiro atoms. The van der Waals surface area contributed by atoms with Crippen LogP contribution in [0.25, 0.3) is 0 Å². The van der Waals surface area contributed by atoms with Gasteiger partial charge < -0.3 is 10.6 Å². The molecule has 0 saturated carbocycles. The Labute approximate surface area is 167 Å². The van der Waals surface area contributed by atoms with Gasteiger partial charge in [0.25, 0.3) is 0 Å². The number of guanidine groups is 1. The Bertz CT molecular complexity index is 668. The predicted molar refractivity (Wildman–Crippen MR) is 112 cm³/mol. The Morgan fingerprint density at radius 3 is 2.60 bits per heavy atom. The first-order chi connectivity index (χ1) is 11.2. The maximum absolute atomic E-state index is 13.7. The Morgan fingerprint density at radius 1 is 1.36 bits per heavy atom. The van der Waals surface area contributed by atoms with Crippen molar-refractivity contribution in [2.24, 2.45) is 4.99 Å². The molecule has 1 unspecified atom stereocenters. The van der Waals surface area contributed by atoms with E-state index in [2.05, 4.69) is 20.3 Å². The number of benzene rings is 1. The summed E-state index contributed by atoms with van der Waals surface area (Å²) in [5.74, 6) is 0.389. The number of nitrogens with zero attached hydrogens (tertiary/aromatic N) is 1. The number of sulfonamides is 1. The van der Waals surface area contributed by atoms with Gasteiger partial charge in [0.05, 0.1) is 12.3 Å². The van der Waals surface area contributed by atoms with Gasteiger partial charge in [-0.25, -0.2) is 17.5 Å². The highest BCUT2D eigenvalue weighted by Gasteiger charge is 2.09. The average molecular weight is 486 g/mol. The zero-order valence-corrected chi connectivity index (χ0v) is 18.2. The number of aliphatic imine (C=N–C) groups is 1. The maximum atomic E-state index is 13.7. The van der Waals surface area contributed by atoms with Crippen molar-refractivity contribution < 1.29 is 12.8 Å². The first-order valence-corrected chi connectivity index (χ1v) is 9.87. The molecule has 3 N–H and O–H groups in total. The molecule has 0 bridgehead atoms. The molecular formula is C16H28FIN4O2S. The van der Waals surface area contributed by atoms with Crippen molar-refractivity contribution >= 4 is 40.0 Å². The van der Waals surface area contributed by atoms with Gasteiger partial charge in [0, 0.05) is 19.6 Å². The lowest BCUT2D eigenvalue weighted by atomic mass is 10.1. The molecule has 6 nitrogen and oxygen atoms in total. The quantitative estimate of drug-likeness (QED) is 0.228. The summed E-state index contributed by atoms with van der Waals surface area (Å²) < 4.78 is 38.1. The van der Waals surface area contributed by atoms with E-state index in [0.717, 1.165) is 11.8 Å². The second-order valence-electron chi connectivity index (χ2n) is 5.66. The van der Waals surface area contributed by atoms with E-state index in [9.17, 15) is 12.8 Å². The third kappa shape index (κ3) is 9.95. The number of halogens is 2. The van der Waals surface area contributed by atoms with E-state index in [1.807, 2.05) is 19.9 Å². The van der Waals surface area contributed by atoms with E-state index in [0.29, 0.717) is 37.6 Å². The molecule has 0 aliphatic rings. The Balaban J connectivity index is 0.00000576. The van der Waals surface area contributed by atoms with Crippen LogP contribution in [0.4, 0.5) is 4.39 Å². The highest BCUT2D eigenvalue weighted by Crippen LogP contribution is 2.16. The molecular weight excluding hydrogens is 458 g/mol. The molecule has 1 atom stereocenters. The summed E-state index contributed by atoms with van der Waals surface area (Å²) >= 11 is 0. The van der Waals surface area contributed by atoms with Gasteiger partial charge in [0.1, 0.15) is 5.82 Å². The van der Waals surface area contributed by atoms with Gasteiger partial charge in [-0.15, -0.1) is 24.0 Å². The SMILES string of the molecule is CCNC(=NCCCNS(C)(=O)=O)NC(C)c1ccc(C)c(F)c1.I. The molecule has 144 valence electrons. The molecule has 0 saturated heterocycles. The standard InChI is InChI=1S/C16H27FN4O2S.HI/c1-5-18-16(19-9-6-10-20-24(4,22)23)21-13(3)14-8-7-12(2)15(17)11-14;/h7-8,11,13,20H,5-6,9-10H2,1-4H3,(H2,18,19,21);1H. The van der Waals surface area contributed by atoms with Crippen molar-refractivity contribution in [2.45, 2.75) is 33.2 Å². The van der Waals surface area contributed by atoms with Crippen LogP contribution in [0.15, 0.2) is 23.2 Å². The monoisotopic (exact) mass is 486 g/mol. The maximum Gasteiger partial charge on any atom is 0.208 e. The third-order valence-corrected chi connectivity index (χ3v) is 4.09. The lowest BCUT2D eigenvalue weighted by Crippen LogP contribution is -2.39. The van der Waals surface area contributed by atoms with Crippen LogP contribution in [-0.4, -0.2) is 40.3 Å². The number of hydrogen-bond donors (Lipinski definition) is 3. The largest absolute Gasteiger partial charge is 0.357 e. The highest BCUT2D eigenvalue weighted by atomic mass is 127. The lowest BCUT2D eigenvalue weighted by molar-refractivity contribution is 0.585. The second kappa shape index (κ2) is 11.6. The first kappa shape index (κ1) is 24.1. The first-order valence-electron chi connectivity index (χ1n) is 7.98. The minimum Gasteiger partial charge on any atom is -0.357 e. The molecule has 0 aromatic heterocycles. The highest BCUT2D eigenvalue weighted by molar-refractivity contribution is 14.0. The van der Waals surface area contributed by atoms with Crippen molar-refractivity contribution in [2.75, 3.05) is 25.9 Å². The zero-order chi connectivity index (χ0) is 18.2. The molecule has 0 aliphatic carbocycles. The van der Waals surface area contributed by atoms with Gasteiger partial charge in [-0.05, 0) is 44.4 Å². The topological polar surface area (TPSA) is 82.6 Å². The van der Waals surface area contributed by atoms with Crippen LogP contribution in [0, 0.1) is 12.7 Å². The van der Waals surface area contributed by atoms with Gasteiger partial charge in [-0.1, -0.05) is 12.1 Å². The van der Waals surface area contributed by atoms with Crippen molar-refractivity contribution in [1.29, 1.82) is 0 Å². The smallest absolute Gasteiger partial charge is 0.208 e. The van der Waals surface area contributed by atoms with E-state index in [-0.39, 0.29) is 35.8 Å². The van der Waals surface area contributed by atoms with Gasteiger partial charge in [-0.3, -0.25) is 4.99 Å². The fourth-order valence-electron chi connectivity index (χ4n) is 2.01. The fourth-order valence-corrected chi connectivity index (χ4v) is 2.53. The average Bonchev–Trinajstić information content (AvgIpc) is 2.48. The normalized spacial score (nSPS) is 13.1. The van der Waals surface area contributed by atoms with Crippen LogP contribution >= 0.6 is 24.0 Å². The molecule has 0 heterocycles. The van der Waals surface area contributed by atoms with Crippen molar-refractivity contribution in [3.63, 3.8) is 0 Å². The number of rotatable bonds is 8. The van der Waals surface area contributed by atoms with Gasteiger partial charge >= 0.3 is 0 Å². The summed E-state index contributed by atoms with van der Waals surface area (Å²) in [6.07, 6.45) is 1.72. The molecule has 0 fully saturated rings. The van der Waals surface area contributed by atoms with Crippen LogP contribution in [0.1, 0.15) is 37.4 Å². The fraction of sp³-hybridized carbons (Fsp3) is 0.562. The Hall–Kier alpha value is -0.940. The second-order valence-corrected chi connectivity index (χ2v) is 7.49. The molecule has 0 radical (unpaired) electrons. The molecule has 0 amide bonds. The van der Waals surface area contributed by atoms with E-state index >= 15 is 0 Å². The molecule has 25 heavy (non-hydrogen) atoms. The predicted octanol–water partition coefficient (Wildman–Crippen LogP) is 2.31. The Kier molecular flexibility index (Phi) is 11.2. The Morgan fingerprint density at radius 2 is 2.04 bits per heavy atom. The van der Waals surface area contributed by atoms with E-state index in [1.54, 1.807) is 13.0 Å². The minimum atomic E-state index is -3.16. The zero-order valence-electron chi connectivity index (χ0n) is 15.1. The van der Waals surface area contributed by atoms with E-state index in [4.69, 9.17) is 0 Å². The summed E-state index contributed by atoms with van der Waals surface area (Å²) in [5, 5.41) is 6.34. The summed E-state index contributed by atoms with van der Waals surface area (Å²) in [4.78, 5) is 4.40. The van der Waals surface area contributed by atoms with E-state index < -0.39 is 10.0 Å². The van der Waals surface area contributed by atoms with Gasteiger partial charge in [-0.2, -0.15) is 0 Å². The van der Waals surface area contributed by atoms with Gasteiger partial charge in [0.2, 0.25) is 10.0 Å². The summed E-state index contributed by atoms with van der Waals surface area (Å²) in [6.45, 7) is 7.14. The summed E-state index contributed by atoms with van der Waals surface area (Å²) in [5.41, 5.74) is 1.45. The van der Waals surface area contributed by atoms with Crippen molar-refractivity contribution in [3.8, 4) is 0 Å². The minimum absolute atomic E-state index is 0. The van der Waals surface area contributed by atoms with Crippen LogP contribution in [0.3, 0.4) is 0 Å². The van der Waals surface area contributed by atoms with E-state index in [1.165, 1.54) is 6.07 Å². The van der Waals surface area contributed by atoms with Gasteiger partial charge in [0.15, 0.2) is 5.96 Å². The summed E-state index contributed by atoms with van der Waals surface area (Å²) in [7, 11) is -3.16. The van der Waals surface area contributed by atoms with Crippen LogP contribution in [0.5, 0.6) is 0 Å². The van der Waals surface area contributed by atoms with Crippen LogP contribution < -0.4 is 15.4 Å². The van der Waals surface area contributed by atoms with Crippen LogP contribution in [0.2, 0.25) is 0 Å².